The lowest BCUT2D eigenvalue weighted by Crippen LogP contribution is -2.18. The molecular weight excluding hydrogens is 576 g/mol. The van der Waals surface area contributed by atoms with Gasteiger partial charge < -0.3 is 4.74 Å². The molecule has 0 aromatic heterocycles. The average molecular weight is 590 g/mol. The number of hydrogen-bond acceptors (Lipinski definition) is 5. The minimum Gasteiger partial charge on any atom is -0.495 e. The number of halogens is 8. The molecule has 0 heterocycles. The number of sulfonamides is 2. The smallest absolute Gasteiger partial charge is 0.419 e. The van der Waals surface area contributed by atoms with Crippen LogP contribution >= 0.6 is 0 Å². The van der Waals surface area contributed by atoms with Crippen LogP contribution in [0.2, 0.25) is 0 Å². The number of benzene rings is 3. The van der Waals surface area contributed by atoms with E-state index in [2.05, 4.69) is 0 Å². The van der Waals surface area contributed by atoms with E-state index < -0.39 is 82.1 Å². The lowest BCUT2D eigenvalue weighted by Gasteiger charge is -2.16. The van der Waals surface area contributed by atoms with E-state index in [1.54, 1.807) is 9.44 Å². The highest BCUT2D eigenvalue weighted by molar-refractivity contribution is 7.93. The molecule has 0 unspecified atom stereocenters. The van der Waals surface area contributed by atoms with Gasteiger partial charge in [-0.1, -0.05) is 0 Å². The van der Waals surface area contributed by atoms with Crippen LogP contribution in [-0.2, 0) is 32.4 Å². The number of methoxy groups -OCH3 is 1. The summed E-state index contributed by atoms with van der Waals surface area (Å²) in [5, 5.41) is 0. The van der Waals surface area contributed by atoms with Gasteiger partial charge in [0.1, 0.15) is 22.3 Å². The number of ether oxygens (including phenoxy) is 1. The topological polar surface area (TPSA) is 102 Å². The molecule has 0 saturated carbocycles. The van der Waals surface area contributed by atoms with Gasteiger partial charge in [-0.15, -0.1) is 0 Å². The molecule has 7 nitrogen and oxygen atoms in total. The van der Waals surface area contributed by atoms with Crippen LogP contribution in [-0.4, -0.2) is 23.9 Å². The maximum Gasteiger partial charge on any atom is 0.419 e. The number of rotatable bonds is 7. The first-order chi connectivity index (χ1) is 17.3. The van der Waals surface area contributed by atoms with Crippen molar-refractivity contribution in [1.29, 1.82) is 0 Å². The summed E-state index contributed by atoms with van der Waals surface area (Å²) < 4.78 is 165. The van der Waals surface area contributed by atoms with Gasteiger partial charge in [-0.3, -0.25) is 9.44 Å². The first-order valence-electron chi connectivity index (χ1n) is 9.82. The van der Waals surface area contributed by atoms with Crippen molar-refractivity contribution < 1.29 is 56.7 Å². The summed E-state index contributed by atoms with van der Waals surface area (Å²) >= 11 is 0. The van der Waals surface area contributed by atoms with E-state index in [1.165, 1.54) is 0 Å². The summed E-state index contributed by atoms with van der Waals surface area (Å²) in [5.41, 5.74) is -4.97. The monoisotopic (exact) mass is 590 g/mol. The van der Waals surface area contributed by atoms with Gasteiger partial charge in [0.2, 0.25) is 0 Å². The normalized spacial score (nSPS) is 12.8. The highest BCUT2D eigenvalue weighted by Gasteiger charge is 2.36. The minimum absolute atomic E-state index is 0.175. The molecule has 206 valence electrons. The number of hydrogen-bond donors (Lipinski definition) is 2. The molecule has 0 aliphatic rings. The van der Waals surface area contributed by atoms with Gasteiger partial charge in [0.15, 0.2) is 0 Å². The van der Waals surface area contributed by atoms with E-state index >= 15 is 0 Å². The molecule has 0 atom stereocenters. The van der Waals surface area contributed by atoms with Gasteiger partial charge in [0.25, 0.3) is 20.0 Å². The Balaban J connectivity index is 2.01. The summed E-state index contributed by atoms with van der Waals surface area (Å²) in [6, 6.07) is 4.67. The van der Waals surface area contributed by atoms with Crippen LogP contribution in [0.15, 0.2) is 64.4 Å². The molecule has 17 heteroatoms. The molecule has 0 aliphatic carbocycles. The molecule has 0 aliphatic heterocycles. The molecule has 0 radical (unpaired) electrons. The molecule has 38 heavy (non-hydrogen) atoms. The Labute approximate surface area is 210 Å². The molecule has 3 aromatic carbocycles. The Morgan fingerprint density at radius 1 is 0.658 bits per heavy atom. The van der Waals surface area contributed by atoms with Gasteiger partial charge in [-0.2, -0.15) is 26.3 Å². The number of alkyl halides is 6. The van der Waals surface area contributed by atoms with Gasteiger partial charge in [0.05, 0.1) is 23.1 Å². The Morgan fingerprint density at radius 2 is 1.11 bits per heavy atom. The van der Waals surface area contributed by atoms with E-state index in [4.69, 9.17) is 4.74 Å². The largest absolute Gasteiger partial charge is 0.495 e. The highest BCUT2D eigenvalue weighted by atomic mass is 32.2. The Morgan fingerprint density at radius 3 is 1.53 bits per heavy atom. The summed E-state index contributed by atoms with van der Waals surface area (Å²) in [7, 11) is -8.66. The Hall–Kier alpha value is -3.60. The van der Waals surface area contributed by atoms with Crippen LogP contribution in [0.1, 0.15) is 11.1 Å². The van der Waals surface area contributed by atoms with E-state index in [0.717, 1.165) is 19.2 Å². The lowest BCUT2D eigenvalue weighted by atomic mass is 10.2. The molecule has 2 N–H and O–H groups in total. The minimum atomic E-state index is -5.16. The third kappa shape index (κ3) is 6.27. The third-order valence-corrected chi connectivity index (χ3v) is 7.56. The zero-order valence-electron chi connectivity index (χ0n) is 18.6. The third-order valence-electron chi connectivity index (χ3n) is 4.78. The predicted molar refractivity (Wildman–Crippen MR) is 117 cm³/mol. The zero-order chi connectivity index (χ0) is 28.7. The van der Waals surface area contributed by atoms with Gasteiger partial charge >= 0.3 is 12.4 Å². The average Bonchev–Trinajstić information content (AvgIpc) is 2.79. The van der Waals surface area contributed by atoms with Crippen LogP contribution in [0.3, 0.4) is 0 Å². The fraction of sp³-hybridized carbons (Fsp3) is 0.143. The second kappa shape index (κ2) is 9.94. The van der Waals surface area contributed by atoms with Crippen molar-refractivity contribution in [2.45, 2.75) is 22.1 Å². The van der Waals surface area contributed by atoms with Crippen LogP contribution < -0.4 is 14.2 Å². The standard InChI is InChI=1S/C21H14F8N2O5S2/c1-36-18-7-4-13(37(32,33)30-11-2-5-16(22)14(8-11)20(24,25)26)10-19(18)38(34,35)31-12-3-6-17(23)15(9-12)21(27,28)29/h2-10,30-31H,1H3. The van der Waals surface area contributed by atoms with Crippen LogP contribution in [0.4, 0.5) is 46.5 Å². The van der Waals surface area contributed by atoms with Crippen LogP contribution in [0, 0.1) is 11.6 Å². The molecule has 0 bridgehead atoms. The van der Waals surface area contributed by atoms with E-state index in [1.807, 2.05) is 0 Å². The van der Waals surface area contributed by atoms with Crippen molar-refractivity contribution in [1.82, 2.24) is 0 Å². The van der Waals surface area contributed by atoms with Crippen molar-refractivity contribution in [2.24, 2.45) is 0 Å². The second-order valence-electron chi connectivity index (χ2n) is 7.41. The SMILES string of the molecule is COc1ccc(S(=O)(=O)Nc2ccc(F)c(C(F)(F)F)c2)cc1S(=O)(=O)Nc1ccc(F)c(C(F)(F)F)c1. The highest BCUT2D eigenvalue weighted by Crippen LogP contribution is 2.36. The Bertz CT molecular complexity index is 1590. The van der Waals surface area contributed by atoms with Crippen molar-refractivity contribution in [3.63, 3.8) is 0 Å². The fourth-order valence-corrected chi connectivity index (χ4v) is 5.47. The summed E-state index contributed by atoms with van der Waals surface area (Å²) in [6.07, 6.45) is -10.3. The fourth-order valence-electron chi connectivity index (χ4n) is 3.07. The van der Waals surface area contributed by atoms with Crippen LogP contribution in [0.5, 0.6) is 5.75 Å². The van der Waals surface area contributed by atoms with Crippen LogP contribution in [0.25, 0.3) is 0 Å². The number of anilines is 2. The quantitative estimate of drug-likeness (QED) is 0.349. The van der Waals surface area contributed by atoms with E-state index in [9.17, 15) is 52.0 Å². The van der Waals surface area contributed by atoms with Gasteiger partial charge in [-0.05, 0) is 54.6 Å². The molecule has 0 fully saturated rings. The van der Waals surface area contributed by atoms with E-state index in [0.29, 0.717) is 30.3 Å². The molecule has 3 aromatic rings. The van der Waals surface area contributed by atoms with Crippen molar-refractivity contribution in [3.05, 3.63) is 77.4 Å². The van der Waals surface area contributed by atoms with Gasteiger partial charge in [0, 0.05) is 11.4 Å². The maximum absolute atomic E-state index is 13.5. The first kappa shape index (κ1) is 29.0. The van der Waals surface area contributed by atoms with Crippen molar-refractivity contribution in [3.8, 4) is 5.75 Å². The molecule has 0 amide bonds. The molecule has 0 saturated heterocycles. The second-order valence-corrected chi connectivity index (χ2v) is 10.7. The summed E-state index contributed by atoms with van der Waals surface area (Å²) in [6.45, 7) is 0. The van der Waals surface area contributed by atoms with Crippen molar-refractivity contribution >= 4 is 31.4 Å². The molecular formula is C21H14F8N2O5S2. The zero-order valence-corrected chi connectivity index (χ0v) is 20.2. The van der Waals surface area contributed by atoms with Gasteiger partial charge in [-0.25, -0.2) is 25.6 Å². The lowest BCUT2D eigenvalue weighted by molar-refractivity contribution is -0.140. The van der Waals surface area contributed by atoms with Crippen molar-refractivity contribution in [2.75, 3.05) is 16.6 Å². The summed E-state index contributed by atoms with van der Waals surface area (Å²) in [5.74, 6) is -3.80. The first-order valence-corrected chi connectivity index (χ1v) is 12.8. The molecule has 3 rings (SSSR count). The Kier molecular flexibility index (Phi) is 7.57. The maximum atomic E-state index is 13.5. The van der Waals surface area contributed by atoms with E-state index in [-0.39, 0.29) is 12.1 Å². The predicted octanol–water partition coefficient (Wildman–Crippen LogP) is 5.61. The number of nitrogens with one attached hydrogen (secondary N) is 2. The summed E-state index contributed by atoms with van der Waals surface area (Å²) in [4.78, 5) is -1.71. The molecule has 0 spiro atoms.